The summed E-state index contributed by atoms with van der Waals surface area (Å²) < 4.78 is 41.7. The molecule has 8 heteroatoms. The van der Waals surface area contributed by atoms with E-state index in [4.69, 9.17) is 11.6 Å². The zero-order valence-corrected chi connectivity index (χ0v) is 16.5. The van der Waals surface area contributed by atoms with Gasteiger partial charge in [-0.3, -0.25) is 4.79 Å². The molecule has 5 rings (SSSR count). The molecular weight excluding hydrogens is 407 g/mol. The van der Waals surface area contributed by atoms with Crippen LogP contribution in [0.5, 0.6) is 0 Å². The zero-order valence-electron chi connectivity index (χ0n) is 15.8. The van der Waals surface area contributed by atoms with Crippen LogP contribution in [0.1, 0.15) is 44.1 Å². The van der Waals surface area contributed by atoms with Gasteiger partial charge in [-0.05, 0) is 68.1 Å². The lowest BCUT2D eigenvalue weighted by atomic mass is 9.43. The predicted octanol–water partition coefficient (Wildman–Crippen LogP) is 4.60. The minimum atomic E-state index is -4.34. The Bertz CT molecular complexity index is 809. The molecule has 1 amide bonds. The van der Waals surface area contributed by atoms with Crippen molar-refractivity contribution in [1.29, 1.82) is 0 Å². The van der Waals surface area contributed by atoms with Crippen molar-refractivity contribution < 1.29 is 27.9 Å². The van der Waals surface area contributed by atoms with Crippen molar-refractivity contribution in [3.8, 4) is 0 Å². The number of nitrogens with one attached hydrogen (secondary N) is 1. The number of hydrogen-bond acceptors (Lipinski definition) is 2. The second kappa shape index (κ2) is 6.89. The molecule has 1 aromatic carbocycles. The molecule has 1 aromatic rings. The summed E-state index contributed by atoms with van der Waals surface area (Å²) in [4.78, 5) is 24.9. The van der Waals surface area contributed by atoms with Crippen molar-refractivity contribution in [2.75, 3.05) is 0 Å². The van der Waals surface area contributed by atoms with E-state index in [9.17, 15) is 27.9 Å². The molecule has 4 nitrogen and oxygen atoms in total. The molecule has 4 fully saturated rings. The fourth-order valence-corrected chi connectivity index (χ4v) is 6.35. The average Bonchev–Trinajstić information content (AvgIpc) is 2.60. The minimum absolute atomic E-state index is 0.0472. The number of benzene rings is 1. The first-order valence-electron chi connectivity index (χ1n) is 9.87. The Kier molecular flexibility index (Phi) is 4.88. The lowest BCUT2D eigenvalue weighted by molar-refractivity contribution is -0.283. The molecule has 2 unspecified atom stereocenters. The highest BCUT2D eigenvalue weighted by molar-refractivity contribution is 6.30. The highest BCUT2D eigenvalue weighted by Crippen LogP contribution is 2.69. The SMILES string of the molecule is O=C(O)[C@H](Cc1ccc(Cl)cc1)NC(=O)C12CC3CC(C1)CC(C(F)(F)F)(C3)C2. The number of alkyl halides is 3. The van der Waals surface area contributed by atoms with Gasteiger partial charge in [-0.15, -0.1) is 0 Å². The Morgan fingerprint density at radius 2 is 1.72 bits per heavy atom. The minimum Gasteiger partial charge on any atom is -0.480 e. The Balaban J connectivity index is 1.55. The fourth-order valence-electron chi connectivity index (χ4n) is 6.23. The number of carbonyl (C=O) groups excluding carboxylic acids is 1. The molecule has 4 aliphatic rings. The topological polar surface area (TPSA) is 66.4 Å². The summed E-state index contributed by atoms with van der Waals surface area (Å²) in [5.74, 6) is -1.99. The number of rotatable bonds is 5. The molecule has 0 radical (unpaired) electrons. The first-order valence-corrected chi connectivity index (χ1v) is 10.2. The molecule has 0 heterocycles. The maximum Gasteiger partial charge on any atom is 0.394 e. The summed E-state index contributed by atoms with van der Waals surface area (Å²) in [6.07, 6.45) is -2.77. The summed E-state index contributed by atoms with van der Waals surface area (Å²) in [5, 5.41) is 12.7. The van der Waals surface area contributed by atoms with Gasteiger partial charge in [0.1, 0.15) is 6.04 Å². The molecule has 4 saturated carbocycles. The highest BCUT2D eigenvalue weighted by atomic mass is 35.5. The van der Waals surface area contributed by atoms with Crippen molar-refractivity contribution in [2.24, 2.45) is 22.7 Å². The van der Waals surface area contributed by atoms with Crippen molar-refractivity contribution >= 4 is 23.5 Å². The molecule has 29 heavy (non-hydrogen) atoms. The number of halogens is 4. The molecule has 4 aliphatic carbocycles. The van der Waals surface area contributed by atoms with Gasteiger partial charge in [0, 0.05) is 11.4 Å². The standard InChI is InChI=1S/C21H23ClF3NO3/c22-15-3-1-12(2-4-15)6-16(17(27)28)26-18(29)19-7-13-5-14(8-19)10-20(9-13,11-19)21(23,24)25/h1-4,13-14,16H,5-11H2,(H,26,29)(H,27,28)/t13?,14?,16-,19?,20?/m0/s1. The normalized spacial score (nSPS) is 34.1. The van der Waals surface area contributed by atoms with Gasteiger partial charge in [0.05, 0.1) is 10.8 Å². The van der Waals surface area contributed by atoms with Crippen LogP contribution in [0.3, 0.4) is 0 Å². The number of carbonyl (C=O) groups is 2. The van der Waals surface area contributed by atoms with E-state index in [1.807, 2.05) is 0 Å². The molecule has 0 spiro atoms. The van der Waals surface area contributed by atoms with Crippen molar-refractivity contribution in [1.82, 2.24) is 5.32 Å². The number of carboxylic acids is 1. The molecule has 2 N–H and O–H groups in total. The quantitative estimate of drug-likeness (QED) is 0.718. The summed E-state index contributed by atoms with van der Waals surface area (Å²) in [6.45, 7) is 0. The number of carboxylic acid groups (broad SMARTS) is 1. The van der Waals surface area contributed by atoms with E-state index in [2.05, 4.69) is 5.32 Å². The summed E-state index contributed by atoms with van der Waals surface area (Å²) in [6, 6.07) is 5.41. The highest BCUT2D eigenvalue weighted by Gasteiger charge is 2.69. The van der Waals surface area contributed by atoms with Crippen LogP contribution < -0.4 is 5.32 Å². The molecule has 0 saturated heterocycles. The fraction of sp³-hybridized carbons (Fsp3) is 0.619. The van der Waals surface area contributed by atoms with Gasteiger partial charge in [0.25, 0.3) is 0 Å². The predicted molar refractivity (Wildman–Crippen MR) is 100 cm³/mol. The van der Waals surface area contributed by atoms with Gasteiger partial charge in [0.15, 0.2) is 0 Å². The second-order valence-corrected chi connectivity index (χ2v) is 9.65. The van der Waals surface area contributed by atoms with Gasteiger partial charge in [0.2, 0.25) is 5.91 Å². The summed E-state index contributed by atoms with van der Waals surface area (Å²) in [7, 11) is 0. The van der Waals surface area contributed by atoms with Crippen LogP contribution in [0.2, 0.25) is 5.02 Å². The van der Waals surface area contributed by atoms with Crippen molar-refractivity contribution in [3.63, 3.8) is 0 Å². The lowest BCUT2D eigenvalue weighted by Crippen LogP contribution is -2.62. The van der Waals surface area contributed by atoms with Gasteiger partial charge in [-0.2, -0.15) is 13.2 Å². The van der Waals surface area contributed by atoms with Gasteiger partial charge in [-0.25, -0.2) is 4.79 Å². The third kappa shape index (κ3) is 3.62. The van der Waals surface area contributed by atoms with Crippen molar-refractivity contribution in [2.45, 2.75) is 57.2 Å². The van der Waals surface area contributed by atoms with Gasteiger partial charge >= 0.3 is 12.1 Å². The first kappa shape index (κ1) is 20.5. The van der Waals surface area contributed by atoms with E-state index in [1.165, 1.54) is 0 Å². The number of amides is 1. The monoisotopic (exact) mass is 429 g/mol. The Morgan fingerprint density at radius 1 is 1.14 bits per heavy atom. The van der Waals surface area contributed by atoms with Crippen LogP contribution in [0.4, 0.5) is 13.2 Å². The smallest absolute Gasteiger partial charge is 0.394 e. The maximum absolute atomic E-state index is 13.9. The second-order valence-electron chi connectivity index (χ2n) is 9.21. The largest absolute Gasteiger partial charge is 0.480 e. The third-order valence-electron chi connectivity index (χ3n) is 7.10. The van der Waals surface area contributed by atoms with Crippen LogP contribution in [0.25, 0.3) is 0 Å². The van der Waals surface area contributed by atoms with Gasteiger partial charge in [-0.1, -0.05) is 23.7 Å². The zero-order chi connectivity index (χ0) is 21.0. The molecule has 3 atom stereocenters. The molecule has 0 aliphatic heterocycles. The number of aliphatic carboxylic acids is 1. The van der Waals surface area contributed by atoms with E-state index in [0.29, 0.717) is 23.4 Å². The lowest BCUT2D eigenvalue weighted by Gasteiger charge is -2.61. The van der Waals surface area contributed by atoms with Crippen LogP contribution in [0.15, 0.2) is 24.3 Å². The third-order valence-corrected chi connectivity index (χ3v) is 7.35. The Hall–Kier alpha value is -1.76. The van der Waals surface area contributed by atoms with Crippen LogP contribution in [-0.4, -0.2) is 29.2 Å². The van der Waals surface area contributed by atoms with E-state index < -0.39 is 34.9 Å². The first-order chi connectivity index (χ1) is 13.5. The molecule has 158 valence electrons. The van der Waals surface area contributed by atoms with E-state index in [1.54, 1.807) is 24.3 Å². The average molecular weight is 430 g/mol. The molecule has 4 bridgehead atoms. The van der Waals surface area contributed by atoms with Crippen LogP contribution in [-0.2, 0) is 16.0 Å². The number of hydrogen-bond donors (Lipinski definition) is 2. The van der Waals surface area contributed by atoms with E-state index >= 15 is 0 Å². The van der Waals surface area contributed by atoms with Crippen LogP contribution in [0, 0.1) is 22.7 Å². The van der Waals surface area contributed by atoms with Crippen molar-refractivity contribution in [3.05, 3.63) is 34.9 Å². The Morgan fingerprint density at radius 3 is 2.24 bits per heavy atom. The van der Waals surface area contributed by atoms with E-state index in [-0.39, 0.29) is 37.5 Å². The van der Waals surface area contributed by atoms with Crippen LogP contribution >= 0.6 is 11.6 Å². The molecular formula is C21H23ClF3NO3. The maximum atomic E-state index is 13.9. The Labute approximate surface area is 171 Å². The molecule has 0 aromatic heterocycles. The van der Waals surface area contributed by atoms with Gasteiger partial charge < -0.3 is 10.4 Å². The summed E-state index contributed by atoms with van der Waals surface area (Å²) >= 11 is 5.84. The van der Waals surface area contributed by atoms with E-state index in [0.717, 1.165) is 6.42 Å². The summed E-state index contributed by atoms with van der Waals surface area (Å²) in [5.41, 5.74) is -2.24.